The Labute approximate surface area is 118 Å². The molecule has 1 heterocycles. The van der Waals surface area contributed by atoms with E-state index in [0.29, 0.717) is 12.1 Å². The van der Waals surface area contributed by atoms with E-state index in [9.17, 15) is 0 Å². The molecule has 2 nitrogen and oxygen atoms in total. The van der Waals surface area contributed by atoms with E-state index in [4.69, 9.17) is 0 Å². The number of nitrogens with zero attached hydrogens (tertiary/aromatic N) is 1. The van der Waals surface area contributed by atoms with Gasteiger partial charge < -0.3 is 5.32 Å². The lowest BCUT2D eigenvalue weighted by atomic mass is 9.92. The molecule has 0 spiro atoms. The van der Waals surface area contributed by atoms with Gasteiger partial charge in [0.15, 0.2) is 0 Å². The molecular formula is C17H28N2. The summed E-state index contributed by atoms with van der Waals surface area (Å²) in [5.41, 5.74) is 1.41. The van der Waals surface area contributed by atoms with Gasteiger partial charge >= 0.3 is 0 Å². The van der Waals surface area contributed by atoms with Crippen LogP contribution in [0.1, 0.15) is 51.1 Å². The molecule has 2 rings (SSSR count). The van der Waals surface area contributed by atoms with Gasteiger partial charge in [0.05, 0.1) is 0 Å². The number of rotatable bonds is 5. The van der Waals surface area contributed by atoms with Gasteiger partial charge in [0, 0.05) is 18.1 Å². The number of likely N-dealkylation sites (N-methyl/N-ethyl adjacent to an activating group) is 1. The van der Waals surface area contributed by atoms with E-state index < -0.39 is 0 Å². The lowest BCUT2D eigenvalue weighted by Crippen LogP contribution is -2.49. The van der Waals surface area contributed by atoms with E-state index >= 15 is 0 Å². The van der Waals surface area contributed by atoms with E-state index in [1.807, 2.05) is 0 Å². The van der Waals surface area contributed by atoms with Crippen LogP contribution in [-0.4, -0.2) is 30.6 Å². The first-order valence-electron chi connectivity index (χ1n) is 7.75. The minimum absolute atomic E-state index is 0.437. The molecule has 1 aliphatic heterocycles. The van der Waals surface area contributed by atoms with E-state index in [1.54, 1.807) is 0 Å². The molecule has 1 aromatic carbocycles. The second-order valence-electron chi connectivity index (χ2n) is 5.74. The maximum absolute atomic E-state index is 3.55. The van der Waals surface area contributed by atoms with Crippen molar-refractivity contribution in [2.75, 3.05) is 13.6 Å². The van der Waals surface area contributed by atoms with Crippen molar-refractivity contribution >= 4 is 0 Å². The van der Waals surface area contributed by atoms with Gasteiger partial charge in [-0.3, -0.25) is 4.90 Å². The van der Waals surface area contributed by atoms with Gasteiger partial charge in [0.1, 0.15) is 0 Å². The first-order chi connectivity index (χ1) is 9.27. The zero-order valence-corrected chi connectivity index (χ0v) is 12.6. The lowest BCUT2D eigenvalue weighted by molar-refractivity contribution is 0.0796. The second kappa shape index (κ2) is 7.06. The van der Waals surface area contributed by atoms with Gasteiger partial charge in [0.25, 0.3) is 0 Å². The van der Waals surface area contributed by atoms with Gasteiger partial charge in [-0.2, -0.15) is 0 Å². The zero-order chi connectivity index (χ0) is 13.7. The van der Waals surface area contributed by atoms with Crippen molar-refractivity contribution < 1.29 is 0 Å². The number of nitrogens with one attached hydrogen (secondary N) is 1. The normalized spacial score (nSPS) is 24.1. The maximum atomic E-state index is 3.55. The molecule has 2 heteroatoms. The highest BCUT2D eigenvalue weighted by Crippen LogP contribution is 2.28. The van der Waals surface area contributed by atoms with Gasteiger partial charge in [-0.05, 0) is 45.3 Å². The van der Waals surface area contributed by atoms with E-state index in [2.05, 4.69) is 61.4 Å². The molecule has 0 bridgehead atoms. The molecule has 19 heavy (non-hydrogen) atoms. The van der Waals surface area contributed by atoms with Gasteiger partial charge in [-0.25, -0.2) is 0 Å². The summed E-state index contributed by atoms with van der Waals surface area (Å²) in [5, 5.41) is 3.55. The smallest absolute Gasteiger partial charge is 0.0475 e. The Hall–Kier alpha value is -0.860. The number of piperidine rings is 1. The first-order valence-corrected chi connectivity index (χ1v) is 7.75. The summed E-state index contributed by atoms with van der Waals surface area (Å²) in [6.45, 7) is 5.96. The molecule has 1 aromatic rings. The summed E-state index contributed by atoms with van der Waals surface area (Å²) < 4.78 is 0. The molecule has 0 saturated carbocycles. The summed E-state index contributed by atoms with van der Waals surface area (Å²) >= 11 is 0. The first kappa shape index (κ1) is 14.5. The predicted molar refractivity (Wildman–Crippen MR) is 82.3 cm³/mol. The molecule has 106 valence electrons. The highest BCUT2D eigenvalue weighted by molar-refractivity contribution is 5.20. The largest absolute Gasteiger partial charge is 0.312 e. The van der Waals surface area contributed by atoms with Crippen molar-refractivity contribution in [1.29, 1.82) is 0 Å². The molecular weight excluding hydrogens is 232 g/mol. The summed E-state index contributed by atoms with van der Waals surface area (Å²) in [7, 11) is 2.09. The molecule has 0 amide bonds. The van der Waals surface area contributed by atoms with E-state index in [0.717, 1.165) is 6.04 Å². The van der Waals surface area contributed by atoms with Gasteiger partial charge in [-0.1, -0.05) is 43.7 Å². The Morgan fingerprint density at radius 3 is 2.58 bits per heavy atom. The third kappa shape index (κ3) is 3.37. The Morgan fingerprint density at radius 2 is 2.00 bits per heavy atom. The monoisotopic (exact) mass is 260 g/mol. The fraction of sp³-hybridized carbons (Fsp3) is 0.647. The van der Waals surface area contributed by atoms with Crippen LogP contribution < -0.4 is 5.32 Å². The molecule has 1 aliphatic rings. The minimum Gasteiger partial charge on any atom is -0.312 e. The number of benzene rings is 1. The summed E-state index contributed by atoms with van der Waals surface area (Å²) in [5.74, 6) is 0. The van der Waals surface area contributed by atoms with Crippen LogP contribution in [0.2, 0.25) is 0 Å². The van der Waals surface area contributed by atoms with Crippen LogP contribution >= 0.6 is 0 Å². The van der Waals surface area contributed by atoms with Gasteiger partial charge in [0.2, 0.25) is 0 Å². The van der Waals surface area contributed by atoms with Gasteiger partial charge in [-0.15, -0.1) is 0 Å². The van der Waals surface area contributed by atoms with Crippen LogP contribution in [0.4, 0.5) is 0 Å². The summed E-state index contributed by atoms with van der Waals surface area (Å²) in [4.78, 5) is 2.72. The molecule has 0 aromatic heterocycles. The van der Waals surface area contributed by atoms with Crippen LogP contribution in [0.25, 0.3) is 0 Å². The maximum Gasteiger partial charge on any atom is 0.0475 e. The van der Waals surface area contributed by atoms with Crippen LogP contribution in [0.15, 0.2) is 30.3 Å². The standard InChI is InChI=1S/C17H28N2/c1-4-16(19-13-9-8-10-14(19)2)17(18-3)15-11-6-5-7-12-15/h5-7,11-12,14,16-18H,4,8-10,13H2,1-3H3. The fourth-order valence-electron chi connectivity index (χ4n) is 3.52. The number of hydrogen-bond donors (Lipinski definition) is 1. The highest BCUT2D eigenvalue weighted by atomic mass is 15.2. The van der Waals surface area contributed by atoms with Crippen molar-refractivity contribution in [2.45, 2.75) is 57.7 Å². The topological polar surface area (TPSA) is 15.3 Å². The summed E-state index contributed by atoms with van der Waals surface area (Å²) in [6, 6.07) is 12.6. The Morgan fingerprint density at radius 1 is 1.26 bits per heavy atom. The Balaban J connectivity index is 2.18. The van der Waals surface area contributed by atoms with Crippen molar-refractivity contribution in [3.8, 4) is 0 Å². The quantitative estimate of drug-likeness (QED) is 0.870. The third-order valence-electron chi connectivity index (χ3n) is 4.55. The molecule has 3 unspecified atom stereocenters. The lowest BCUT2D eigenvalue weighted by Gasteiger charge is -2.43. The average molecular weight is 260 g/mol. The Kier molecular flexibility index (Phi) is 5.41. The SMILES string of the molecule is CCC(C(NC)c1ccccc1)N1CCCCC1C. The van der Waals surface area contributed by atoms with Crippen molar-refractivity contribution in [2.24, 2.45) is 0 Å². The molecule has 3 atom stereocenters. The predicted octanol–water partition coefficient (Wildman–Crippen LogP) is 3.60. The number of hydrogen-bond acceptors (Lipinski definition) is 2. The van der Waals surface area contributed by atoms with Crippen molar-refractivity contribution in [3.05, 3.63) is 35.9 Å². The van der Waals surface area contributed by atoms with Crippen molar-refractivity contribution in [3.63, 3.8) is 0 Å². The van der Waals surface area contributed by atoms with Crippen LogP contribution in [-0.2, 0) is 0 Å². The minimum atomic E-state index is 0.437. The van der Waals surface area contributed by atoms with Crippen LogP contribution in [0.3, 0.4) is 0 Å². The van der Waals surface area contributed by atoms with E-state index in [1.165, 1.54) is 37.8 Å². The van der Waals surface area contributed by atoms with Crippen LogP contribution in [0.5, 0.6) is 0 Å². The summed E-state index contributed by atoms with van der Waals surface area (Å²) in [6.07, 6.45) is 5.29. The highest BCUT2D eigenvalue weighted by Gasteiger charge is 2.30. The molecule has 0 radical (unpaired) electrons. The number of likely N-dealkylation sites (tertiary alicyclic amines) is 1. The van der Waals surface area contributed by atoms with Crippen molar-refractivity contribution in [1.82, 2.24) is 10.2 Å². The molecule has 1 N–H and O–H groups in total. The molecule has 0 aliphatic carbocycles. The average Bonchev–Trinajstić information content (AvgIpc) is 2.46. The van der Waals surface area contributed by atoms with E-state index in [-0.39, 0.29) is 0 Å². The third-order valence-corrected chi connectivity index (χ3v) is 4.55. The van der Waals surface area contributed by atoms with Crippen LogP contribution in [0, 0.1) is 0 Å². The Bertz CT molecular complexity index is 363. The zero-order valence-electron chi connectivity index (χ0n) is 12.6. The second-order valence-corrected chi connectivity index (χ2v) is 5.74. The fourth-order valence-corrected chi connectivity index (χ4v) is 3.52. The molecule has 1 fully saturated rings. The molecule has 1 saturated heterocycles.